The van der Waals surface area contributed by atoms with Gasteiger partial charge in [-0.1, -0.05) is 11.6 Å². The zero-order chi connectivity index (χ0) is 22.4. The predicted octanol–water partition coefficient (Wildman–Crippen LogP) is 2.98. The van der Waals surface area contributed by atoms with Gasteiger partial charge in [0.25, 0.3) is 0 Å². The Kier molecular flexibility index (Phi) is 13.5. The van der Waals surface area contributed by atoms with Crippen molar-refractivity contribution in [1.29, 1.82) is 0 Å². The molecule has 1 atom stereocenters. The second-order valence-corrected chi connectivity index (χ2v) is 8.82. The van der Waals surface area contributed by atoms with Gasteiger partial charge >= 0.3 is 19.5 Å². The summed E-state index contributed by atoms with van der Waals surface area (Å²) >= 11 is 0. The molecule has 0 aromatic carbocycles. The summed E-state index contributed by atoms with van der Waals surface area (Å²) in [5.41, 5.74) is 0.564. The van der Waals surface area contributed by atoms with Gasteiger partial charge in [-0.3, -0.25) is 14.2 Å². The van der Waals surface area contributed by atoms with Crippen molar-refractivity contribution >= 4 is 25.9 Å². The van der Waals surface area contributed by atoms with Gasteiger partial charge < -0.3 is 23.8 Å². The molecule has 0 aromatic rings. The van der Waals surface area contributed by atoms with Crippen molar-refractivity contribution < 1.29 is 37.5 Å². The quantitative estimate of drug-likeness (QED) is 0.137. The van der Waals surface area contributed by atoms with E-state index in [1.54, 1.807) is 34.6 Å². The molecule has 0 heterocycles. The number of allylic oxidation sites excluding steroid dienone is 1. The maximum absolute atomic E-state index is 13.2. The summed E-state index contributed by atoms with van der Waals surface area (Å²) in [6.45, 7) is 10.3. The van der Waals surface area contributed by atoms with Gasteiger partial charge in [-0.05, 0) is 47.5 Å². The van der Waals surface area contributed by atoms with E-state index in [1.807, 2.05) is 0 Å². The average Bonchev–Trinajstić information content (AvgIpc) is 2.56. The van der Waals surface area contributed by atoms with Gasteiger partial charge in [0.1, 0.15) is 6.04 Å². The van der Waals surface area contributed by atoms with E-state index in [0.29, 0.717) is 24.8 Å². The molecule has 0 spiro atoms. The Labute approximate surface area is 173 Å². The van der Waals surface area contributed by atoms with Crippen LogP contribution in [-0.2, 0) is 37.5 Å². The predicted molar refractivity (Wildman–Crippen MR) is 108 cm³/mol. The molecule has 0 radical (unpaired) electrons. The summed E-state index contributed by atoms with van der Waals surface area (Å²) in [6, 6.07) is -1.04. The molecule has 1 N–H and O–H groups in total. The van der Waals surface area contributed by atoms with Crippen LogP contribution in [0.2, 0.25) is 0 Å². The lowest BCUT2D eigenvalue weighted by Crippen LogP contribution is -2.36. The van der Waals surface area contributed by atoms with Crippen molar-refractivity contribution in [1.82, 2.24) is 5.32 Å². The first kappa shape index (κ1) is 27.3. The molecule has 29 heavy (non-hydrogen) atoms. The number of carbonyl (C=O) groups excluding carboxylic acids is 3. The number of hydrogen-bond acceptors (Lipinski definition) is 8. The molecule has 0 bridgehead atoms. The van der Waals surface area contributed by atoms with Crippen LogP contribution in [0.25, 0.3) is 0 Å². The molecule has 1 amide bonds. The first-order valence-electron chi connectivity index (χ1n) is 9.68. The zero-order valence-electron chi connectivity index (χ0n) is 18.1. The summed E-state index contributed by atoms with van der Waals surface area (Å²) in [6.07, 6.45) is 1.93. The Bertz CT molecular complexity index is 589. The lowest BCUT2D eigenvalue weighted by molar-refractivity contribution is -0.145. The van der Waals surface area contributed by atoms with E-state index >= 15 is 0 Å². The topological polar surface area (TPSA) is 117 Å². The van der Waals surface area contributed by atoms with Gasteiger partial charge in [0.05, 0.1) is 31.6 Å². The molecule has 1 unspecified atom stereocenters. The van der Waals surface area contributed by atoms with E-state index < -0.39 is 25.6 Å². The van der Waals surface area contributed by atoms with Crippen LogP contribution in [0, 0.1) is 0 Å². The third-order valence-corrected chi connectivity index (χ3v) is 5.56. The molecule has 0 aliphatic rings. The second-order valence-electron chi connectivity index (χ2n) is 6.86. The number of rotatable bonds is 15. The standard InChI is InChI=1S/C19H34NO8P/c1-7-25-19(23)18(20-13-21)11-17(9-8-10-26-16(6)22)12-29(24,27-14(2)3)28-15(4)5/h11,13-15,18H,7-10,12H2,1-6H3,(H,20,21). The molecule has 0 aromatic heterocycles. The largest absolute Gasteiger partial charge is 0.466 e. The van der Waals surface area contributed by atoms with E-state index in [1.165, 1.54) is 13.0 Å². The fourth-order valence-electron chi connectivity index (χ4n) is 2.45. The number of amides is 1. The number of carbonyl (C=O) groups is 3. The highest BCUT2D eigenvalue weighted by atomic mass is 31.2. The molecule has 0 fully saturated rings. The molecule has 0 saturated carbocycles. The number of hydrogen-bond donors (Lipinski definition) is 1. The van der Waals surface area contributed by atoms with Gasteiger partial charge in [-0.25, -0.2) is 4.79 Å². The normalized spacial score (nSPS) is 13.3. The molecular weight excluding hydrogens is 401 g/mol. The Balaban J connectivity index is 5.66. The van der Waals surface area contributed by atoms with Crippen LogP contribution in [0.15, 0.2) is 11.6 Å². The molecule has 168 valence electrons. The monoisotopic (exact) mass is 435 g/mol. The molecule has 9 nitrogen and oxygen atoms in total. The smallest absolute Gasteiger partial charge is 0.335 e. The van der Waals surface area contributed by atoms with Crippen LogP contribution < -0.4 is 5.32 Å². The van der Waals surface area contributed by atoms with Gasteiger partial charge in [0.15, 0.2) is 0 Å². The maximum Gasteiger partial charge on any atom is 0.335 e. The average molecular weight is 435 g/mol. The van der Waals surface area contributed by atoms with Crippen LogP contribution in [0.4, 0.5) is 0 Å². The highest BCUT2D eigenvalue weighted by molar-refractivity contribution is 7.54. The summed E-state index contributed by atoms with van der Waals surface area (Å²) in [4.78, 5) is 34.0. The molecule has 10 heteroatoms. The molecule has 0 saturated heterocycles. The lowest BCUT2D eigenvalue weighted by atomic mass is 10.1. The second kappa shape index (κ2) is 14.3. The maximum atomic E-state index is 13.2. The van der Waals surface area contributed by atoms with Crippen molar-refractivity contribution in [3.8, 4) is 0 Å². The van der Waals surface area contributed by atoms with Crippen molar-refractivity contribution in [2.75, 3.05) is 19.4 Å². The molecular formula is C19H34NO8P. The van der Waals surface area contributed by atoms with Gasteiger partial charge in [0.2, 0.25) is 6.41 Å². The Hall–Kier alpha value is -1.70. The van der Waals surface area contributed by atoms with E-state index in [9.17, 15) is 18.9 Å². The Morgan fingerprint density at radius 3 is 2.10 bits per heavy atom. The van der Waals surface area contributed by atoms with Gasteiger partial charge in [-0.15, -0.1) is 0 Å². The Morgan fingerprint density at radius 2 is 1.66 bits per heavy atom. The van der Waals surface area contributed by atoms with Crippen molar-refractivity contribution in [2.45, 2.75) is 72.6 Å². The van der Waals surface area contributed by atoms with Crippen LogP contribution in [-0.4, -0.2) is 56.0 Å². The van der Waals surface area contributed by atoms with Crippen LogP contribution in [0.5, 0.6) is 0 Å². The van der Waals surface area contributed by atoms with E-state index in [0.717, 1.165) is 0 Å². The summed E-state index contributed by atoms with van der Waals surface area (Å²) in [5, 5.41) is 2.39. The number of esters is 2. The SMILES string of the molecule is CCOC(=O)C(C=C(CCCOC(C)=O)CP(=O)(OC(C)C)OC(C)C)NC=O. The first-order valence-corrected chi connectivity index (χ1v) is 11.4. The van der Waals surface area contributed by atoms with Gasteiger partial charge in [-0.2, -0.15) is 0 Å². The van der Waals surface area contributed by atoms with E-state index in [2.05, 4.69) is 5.32 Å². The van der Waals surface area contributed by atoms with E-state index in [4.69, 9.17) is 18.5 Å². The summed E-state index contributed by atoms with van der Waals surface area (Å²) in [5.74, 6) is -1.04. The molecule has 0 rings (SSSR count). The van der Waals surface area contributed by atoms with Crippen LogP contribution in [0.1, 0.15) is 54.4 Å². The summed E-state index contributed by atoms with van der Waals surface area (Å²) in [7, 11) is -3.52. The third kappa shape index (κ3) is 13.2. The van der Waals surface area contributed by atoms with Gasteiger partial charge in [0, 0.05) is 6.92 Å². The summed E-state index contributed by atoms with van der Waals surface area (Å²) < 4.78 is 34.3. The minimum atomic E-state index is -3.52. The zero-order valence-corrected chi connectivity index (χ0v) is 19.0. The van der Waals surface area contributed by atoms with Crippen molar-refractivity contribution in [3.63, 3.8) is 0 Å². The lowest BCUT2D eigenvalue weighted by Gasteiger charge is -2.24. The molecule has 0 aliphatic heterocycles. The number of nitrogens with one attached hydrogen (secondary N) is 1. The molecule has 0 aliphatic carbocycles. The number of ether oxygens (including phenoxy) is 2. The highest BCUT2D eigenvalue weighted by Gasteiger charge is 2.30. The van der Waals surface area contributed by atoms with E-state index in [-0.39, 0.29) is 31.6 Å². The third-order valence-electron chi connectivity index (χ3n) is 3.28. The van der Waals surface area contributed by atoms with Crippen LogP contribution >= 0.6 is 7.60 Å². The minimum absolute atomic E-state index is 0.0696. The van der Waals surface area contributed by atoms with Crippen LogP contribution in [0.3, 0.4) is 0 Å². The highest BCUT2D eigenvalue weighted by Crippen LogP contribution is 2.52. The first-order chi connectivity index (χ1) is 13.5. The minimum Gasteiger partial charge on any atom is -0.466 e. The fourth-order valence-corrected chi connectivity index (χ4v) is 4.69. The van der Waals surface area contributed by atoms with Crippen molar-refractivity contribution in [3.05, 3.63) is 11.6 Å². The van der Waals surface area contributed by atoms with Crippen molar-refractivity contribution in [2.24, 2.45) is 0 Å². The fraction of sp³-hybridized carbons (Fsp3) is 0.737. The Morgan fingerprint density at radius 1 is 1.07 bits per heavy atom.